The first-order valence-electron chi connectivity index (χ1n) is 13.9. The molecule has 5 rings (SSSR count). The predicted octanol–water partition coefficient (Wildman–Crippen LogP) is 5.08. The maximum Gasteiger partial charge on any atom is 0.0632 e. The molecule has 0 aromatic heterocycles. The molecule has 0 aliphatic heterocycles. The second-order valence-corrected chi connectivity index (χ2v) is 15.4. The van der Waals surface area contributed by atoms with Gasteiger partial charge in [-0.2, -0.15) is 0 Å². The lowest BCUT2D eigenvalue weighted by molar-refractivity contribution is -0.250. The molecule has 0 aromatic rings. The molecule has 0 heterocycles. The van der Waals surface area contributed by atoms with Gasteiger partial charge in [0.05, 0.1) is 24.9 Å². The van der Waals surface area contributed by atoms with Crippen molar-refractivity contribution in [2.75, 3.05) is 6.61 Å². The molecule has 5 aliphatic carbocycles. The molecule has 4 saturated carbocycles. The van der Waals surface area contributed by atoms with Crippen molar-refractivity contribution in [3.8, 4) is 0 Å². The van der Waals surface area contributed by atoms with Crippen LogP contribution >= 0.6 is 0 Å². The third-order valence-corrected chi connectivity index (χ3v) is 13.0. The second kappa shape index (κ2) is 7.33. The monoisotopic (exact) mass is 474 g/mol. The highest BCUT2D eigenvalue weighted by Crippen LogP contribution is 2.75. The van der Waals surface area contributed by atoms with Gasteiger partial charge in [0.15, 0.2) is 0 Å². The standard InChI is InChI=1S/C30H50O4/c1-25(2)12-13-30(17-31)19(14-25)18-8-9-21-27(5)11-10-22(33)26(3,4)24(27)20(32)15-29(21,7)28(18,6)16-23(30)34/h8,19-24,31-34H,9-17H2,1-7H3/t19?,20-,21?,22+,23+,24?,27-,28-,29-,30-/m1/s1. The number of fused-ring (bicyclic) bond motifs is 7. The Labute approximate surface area is 207 Å². The van der Waals surface area contributed by atoms with Crippen molar-refractivity contribution >= 4 is 0 Å². The van der Waals surface area contributed by atoms with E-state index in [0.29, 0.717) is 12.3 Å². The van der Waals surface area contributed by atoms with Crippen molar-refractivity contribution in [1.29, 1.82) is 0 Å². The molecule has 4 fully saturated rings. The average molecular weight is 475 g/mol. The van der Waals surface area contributed by atoms with Crippen LogP contribution in [0.25, 0.3) is 0 Å². The molecule has 34 heavy (non-hydrogen) atoms. The van der Waals surface area contributed by atoms with Gasteiger partial charge in [-0.15, -0.1) is 0 Å². The lowest BCUT2D eigenvalue weighted by atomic mass is 9.33. The van der Waals surface area contributed by atoms with Gasteiger partial charge in [-0.25, -0.2) is 0 Å². The summed E-state index contributed by atoms with van der Waals surface area (Å²) in [6.45, 7) is 16.2. The van der Waals surface area contributed by atoms with Crippen LogP contribution in [0.5, 0.6) is 0 Å². The first kappa shape index (κ1) is 25.2. The summed E-state index contributed by atoms with van der Waals surface area (Å²) in [6, 6.07) is 0. The second-order valence-electron chi connectivity index (χ2n) is 15.4. The number of hydrogen-bond donors (Lipinski definition) is 4. The van der Waals surface area contributed by atoms with Gasteiger partial charge in [-0.3, -0.25) is 0 Å². The van der Waals surface area contributed by atoms with Crippen LogP contribution in [0.2, 0.25) is 0 Å². The maximum atomic E-state index is 11.8. The van der Waals surface area contributed by atoms with Crippen molar-refractivity contribution in [2.24, 2.45) is 50.2 Å². The number of rotatable bonds is 1. The Morgan fingerprint density at radius 2 is 1.53 bits per heavy atom. The fraction of sp³-hybridized carbons (Fsp3) is 0.933. The molecule has 4 nitrogen and oxygen atoms in total. The van der Waals surface area contributed by atoms with Gasteiger partial charge in [0.1, 0.15) is 0 Å². The van der Waals surface area contributed by atoms with Crippen LogP contribution in [0.4, 0.5) is 0 Å². The minimum atomic E-state index is -0.524. The summed E-state index contributed by atoms with van der Waals surface area (Å²) in [6.07, 6.45) is 8.22. The molecule has 0 spiro atoms. The zero-order valence-electron chi connectivity index (χ0n) is 22.7. The Morgan fingerprint density at radius 1 is 0.853 bits per heavy atom. The fourth-order valence-corrected chi connectivity index (χ4v) is 10.9. The molecule has 0 saturated heterocycles. The topological polar surface area (TPSA) is 80.9 Å². The SMILES string of the molecule is CC1(C)CC[C@@]2(CO)C(C1)C1=CCC3[C@@]4(C)CC[C@H](O)C(C)(C)C4[C@H](O)C[C@@]3(C)[C@]1(C)C[C@@H]2O. The highest BCUT2D eigenvalue weighted by molar-refractivity contribution is 5.35. The van der Waals surface area contributed by atoms with E-state index in [2.05, 4.69) is 54.5 Å². The normalized spacial score (nSPS) is 55.8. The lowest BCUT2D eigenvalue weighted by Gasteiger charge is -2.72. The summed E-state index contributed by atoms with van der Waals surface area (Å²) in [5.74, 6) is 0.665. The van der Waals surface area contributed by atoms with Crippen molar-refractivity contribution in [3.05, 3.63) is 11.6 Å². The first-order valence-corrected chi connectivity index (χ1v) is 13.9. The maximum absolute atomic E-state index is 11.8. The average Bonchev–Trinajstić information content (AvgIpc) is 2.71. The van der Waals surface area contributed by atoms with Gasteiger partial charge in [0, 0.05) is 5.41 Å². The van der Waals surface area contributed by atoms with Crippen LogP contribution in [-0.4, -0.2) is 45.3 Å². The third-order valence-electron chi connectivity index (χ3n) is 13.0. The van der Waals surface area contributed by atoms with E-state index < -0.39 is 17.6 Å². The van der Waals surface area contributed by atoms with Crippen LogP contribution in [-0.2, 0) is 0 Å². The van der Waals surface area contributed by atoms with E-state index in [0.717, 1.165) is 44.9 Å². The summed E-state index contributed by atoms with van der Waals surface area (Å²) in [4.78, 5) is 0. The molecule has 0 bridgehead atoms. The molecule has 0 aromatic carbocycles. The minimum absolute atomic E-state index is 0.0525. The molecule has 0 radical (unpaired) electrons. The highest BCUT2D eigenvalue weighted by Gasteiger charge is 2.71. The smallest absolute Gasteiger partial charge is 0.0632 e. The van der Waals surface area contributed by atoms with Crippen molar-refractivity contribution in [3.63, 3.8) is 0 Å². The van der Waals surface area contributed by atoms with Crippen LogP contribution in [0.15, 0.2) is 11.6 Å². The van der Waals surface area contributed by atoms with Crippen molar-refractivity contribution in [2.45, 2.75) is 118 Å². The van der Waals surface area contributed by atoms with E-state index in [1.54, 1.807) is 0 Å². The van der Waals surface area contributed by atoms with Crippen LogP contribution in [0, 0.1) is 50.2 Å². The molecule has 0 amide bonds. The minimum Gasteiger partial charge on any atom is -0.396 e. The van der Waals surface area contributed by atoms with Crippen LogP contribution < -0.4 is 0 Å². The number of aliphatic hydroxyl groups is 4. The van der Waals surface area contributed by atoms with Gasteiger partial charge in [0.25, 0.3) is 0 Å². The zero-order chi connectivity index (χ0) is 25.1. The van der Waals surface area contributed by atoms with E-state index in [-0.39, 0.29) is 51.6 Å². The zero-order valence-corrected chi connectivity index (χ0v) is 22.7. The van der Waals surface area contributed by atoms with E-state index in [1.807, 2.05) is 0 Å². The Kier molecular flexibility index (Phi) is 5.44. The third kappa shape index (κ3) is 2.92. The molecule has 4 heteroatoms. The Morgan fingerprint density at radius 3 is 2.18 bits per heavy atom. The van der Waals surface area contributed by atoms with Gasteiger partial charge in [-0.05, 0) is 96.2 Å². The van der Waals surface area contributed by atoms with Crippen LogP contribution in [0.3, 0.4) is 0 Å². The van der Waals surface area contributed by atoms with E-state index in [4.69, 9.17) is 0 Å². The molecule has 5 aliphatic rings. The molecular weight excluding hydrogens is 424 g/mol. The number of hydrogen-bond acceptors (Lipinski definition) is 4. The van der Waals surface area contributed by atoms with Gasteiger partial charge >= 0.3 is 0 Å². The predicted molar refractivity (Wildman–Crippen MR) is 135 cm³/mol. The summed E-state index contributed by atoms with van der Waals surface area (Å²) in [5.41, 5.74) is 0.522. The summed E-state index contributed by atoms with van der Waals surface area (Å²) >= 11 is 0. The fourth-order valence-electron chi connectivity index (χ4n) is 10.9. The Balaban J connectivity index is 1.64. The highest BCUT2D eigenvalue weighted by atomic mass is 16.3. The van der Waals surface area contributed by atoms with E-state index >= 15 is 0 Å². The number of allylic oxidation sites excluding steroid dienone is 2. The van der Waals surface area contributed by atoms with Gasteiger partial charge in [-0.1, -0.05) is 60.1 Å². The van der Waals surface area contributed by atoms with E-state index in [1.165, 1.54) is 5.57 Å². The van der Waals surface area contributed by atoms with Gasteiger partial charge < -0.3 is 20.4 Å². The Hall–Kier alpha value is -0.420. The lowest BCUT2D eigenvalue weighted by Crippen LogP contribution is -2.69. The number of aliphatic hydroxyl groups excluding tert-OH is 4. The molecule has 4 N–H and O–H groups in total. The first-order chi connectivity index (χ1) is 15.6. The molecule has 194 valence electrons. The van der Waals surface area contributed by atoms with Gasteiger partial charge in [0.2, 0.25) is 0 Å². The summed E-state index contributed by atoms with van der Waals surface area (Å²) in [5, 5.41) is 45.1. The summed E-state index contributed by atoms with van der Waals surface area (Å²) < 4.78 is 0. The quantitative estimate of drug-likeness (QED) is 0.399. The van der Waals surface area contributed by atoms with E-state index in [9.17, 15) is 20.4 Å². The molecule has 3 unspecified atom stereocenters. The Bertz CT molecular complexity index is 877. The molecular formula is C30H50O4. The molecule has 10 atom stereocenters. The van der Waals surface area contributed by atoms with Crippen molar-refractivity contribution in [1.82, 2.24) is 0 Å². The largest absolute Gasteiger partial charge is 0.396 e. The van der Waals surface area contributed by atoms with Crippen LogP contribution in [0.1, 0.15) is 99.8 Å². The summed E-state index contributed by atoms with van der Waals surface area (Å²) in [7, 11) is 0. The van der Waals surface area contributed by atoms with Crippen molar-refractivity contribution < 1.29 is 20.4 Å².